The van der Waals surface area contributed by atoms with E-state index in [0.717, 1.165) is 19.2 Å². The van der Waals surface area contributed by atoms with Crippen molar-refractivity contribution in [2.75, 3.05) is 13.7 Å². The van der Waals surface area contributed by atoms with E-state index in [4.69, 9.17) is 4.74 Å². The Balaban J connectivity index is 2.15. The number of esters is 1. The Labute approximate surface area is 170 Å². The van der Waals surface area contributed by atoms with Gasteiger partial charge in [-0.25, -0.2) is 9.59 Å². The Kier molecular flexibility index (Phi) is 5.30. The first-order chi connectivity index (χ1) is 13.8. The highest BCUT2D eigenvalue weighted by Gasteiger charge is 2.35. The third kappa shape index (κ3) is 4.12. The Bertz CT molecular complexity index is 1030. The van der Waals surface area contributed by atoms with Crippen LogP contribution in [0.25, 0.3) is 10.9 Å². The fourth-order valence-corrected chi connectivity index (χ4v) is 3.37. The van der Waals surface area contributed by atoms with Gasteiger partial charge in [0.1, 0.15) is 5.60 Å². The van der Waals surface area contributed by atoms with Gasteiger partial charge in [-0.1, -0.05) is 0 Å². The molecule has 0 fully saturated rings. The highest BCUT2D eigenvalue weighted by atomic mass is 19.4. The van der Waals surface area contributed by atoms with Gasteiger partial charge in [-0.3, -0.25) is 4.79 Å². The number of alkyl halides is 3. The largest absolute Gasteiger partial charge is 0.463 e. The summed E-state index contributed by atoms with van der Waals surface area (Å²) in [6, 6.07) is 1.79. The molecular formula is C20H21F3N2O5. The highest BCUT2D eigenvalue weighted by Crippen LogP contribution is 2.37. The molecule has 1 aliphatic rings. The van der Waals surface area contributed by atoms with Gasteiger partial charge in [0.2, 0.25) is 0 Å². The molecule has 0 spiro atoms. The third-order valence-corrected chi connectivity index (χ3v) is 4.62. The van der Waals surface area contributed by atoms with Crippen molar-refractivity contribution in [2.45, 2.75) is 45.6 Å². The van der Waals surface area contributed by atoms with Crippen molar-refractivity contribution in [3.63, 3.8) is 0 Å². The lowest BCUT2D eigenvalue weighted by molar-refractivity contribution is -0.137. The summed E-state index contributed by atoms with van der Waals surface area (Å²) in [6.45, 7) is 5.31. The van der Waals surface area contributed by atoms with Crippen LogP contribution in [0.4, 0.5) is 18.0 Å². The normalized spacial score (nSPS) is 14.4. The zero-order valence-electron chi connectivity index (χ0n) is 16.9. The molecule has 7 nitrogen and oxygen atoms in total. The summed E-state index contributed by atoms with van der Waals surface area (Å²) in [5.74, 6) is -2.20. The van der Waals surface area contributed by atoms with Crippen molar-refractivity contribution < 1.29 is 37.0 Å². The van der Waals surface area contributed by atoms with Gasteiger partial charge in [0.25, 0.3) is 5.78 Å². The molecule has 1 aliphatic heterocycles. The zero-order valence-corrected chi connectivity index (χ0v) is 16.9. The molecular weight excluding hydrogens is 405 g/mol. The number of Topliss-reactive ketones (excluding diaryl/α,β-unsaturated/α-hetero) is 1. The molecule has 1 amide bonds. The highest BCUT2D eigenvalue weighted by molar-refractivity contribution is 6.43. The summed E-state index contributed by atoms with van der Waals surface area (Å²) in [4.78, 5) is 37.9. The van der Waals surface area contributed by atoms with Crippen LogP contribution in [-0.4, -0.2) is 46.6 Å². The van der Waals surface area contributed by atoms with E-state index in [0.29, 0.717) is 5.52 Å². The number of benzene rings is 1. The molecule has 0 bridgehead atoms. The monoisotopic (exact) mass is 426 g/mol. The summed E-state index contributed by atoms with van der Waals surface area (Å²) in [5.41, 5.74) is -1.35. The molecule has 0 saturated heterocycles. The molecule has 1 aromatic carbocycles. The number of methoxy groups -OCH3 is 1. The third-order valence-electron chi connectivity index (χ3n) is 4.62. The number of amides is 1. The minimum absolute atomic E-state index is 0.0127. The number of hydrogen-bond donors (Lipinski definition) is 0. The quantitative estimate of drug-likeness (QED) is 0.415. The molecule has 0 unspecified atom stereocenters. The number of rotatable bonds is 2. The molecule has 162 valence electrons. The summed E-state index contributed by atoms with van der Waals surface area (Å²) in [6.07, 6.45) is -4.00. The molecule has 1 aromatic heterocycles. The van der Waals surface area contributed by atoms with Crippen LogP contribution in [0.1, 0.15) is 42.3 Å². The van der Waals surface area contributed by atoms with Crippen molar-refractivity contribution in [3.05, 3.63) is 35.0 Å². The van der Waals surface area contributed by atoms with Crippen molar-refractivity contribution >= 4 is 28.7 Å². The maximum absolute atomic E-state index is 13.5. The molecule has 2 aromatic rings. The number of nitrogens with zero attached hydrogens (tertiary/aromatic N) is 2. The van der Waals surface area contributed by atoms with Crippen LogP contribution < -0.4 is 0 Å². The van der Waals surface area contributed by atoms with Crippen molar-refractivity contribution in [1.82, 2.24) is 9.47 Å². The Morgan fingerprint density at radius 1 is 1.07 bits per heavy atom. The average molecular weight is 426 g/mol. The lowest BCUT2D eigenvalue weighted by Gasteiger charge is -2.26. The van der Waals surface area contributed by atoms with Crippen LogP contribution in [0.15, 0.2) is 18.3 Å². The van der Waals surface area contributed by atoms with E-state index in [2.05, 4.69) is 4.74 Å². The van der Waals surface area contributed by atoms with Gasteiger partial charge >= 0.3 is 18.2 Å². The molecule has 0 N–H and O–H groups in total. The number of carbonyl (C=O) groups is 3. The second-order valence-electron chi connectivity index (χ2n) is 7.99. The van der Waals surface area contributed by atoms with E-state index < -0.39 is 35.2 Å². The van der Waals surface area contributed by atoms with Gasteiger partial charge in [0.15, 0.2) is 0 Å². The summed E-state index contributed by atoms with van der Waals surface area (Å²) < 4.78 is 51.9. The van der Waals surface area contributed by atoms with Gasteiger partial charge < -0.3 is 18.9 Å². The van der Waals surface area contributed by atoms with Crippen molar-refractivity contribution in [3.8, 4) is 0 Å². The van der Waals surface area contributed by atoms with Crippen LogP contribution in [0.3, 0.4) is 0 Å². The van der Waals surface area contributed by atoms with Gasteiger partial charge in [0.05, 0.1) is 30.3 Å². The first-order valence-corrected chi connectivity index (χ1v) is 9.15. The first kappa shape index (κ1) is 21.7. The number of hydrogen-bond acceptors (Lipinski definition) is 5. The van der Waals surface area contributed by atoms with Crippen molar-refractivity contribution in [2.24, 2.45) is 0 Å². The van der Waals surface area contributed by atoms with E-state index in [1.807, 2.05) is 0 Å². The van der Waals surface area contributed by atoms with E-state index in [-0.39, 0.29) is 36.1 Å². The maximum atomic E-state index is 13.5. The predicted molar refractivity (Wildman–Crippen MR) is 99.9 cm³/mol. The summed E-state index contributed by atoms with van der Waals surface area (Å²) in [5, 5.41) is -0.0127. The van der Waals surface area contributed by atoms with Gasteiger partial charge in [-0.2, -0.15) is 13.2 Å². The van der Waals surface area contributed by atoms with E-state index in [1.165, 1.54) is 11.1 Å². The van der Waals surface area contributed by atoms with E-state index in [9.17, 15) is 27.6 Å². The number of ether oxygens (including phenoxy) is 2. The van der Waals surface area contributed by atoms with Crippen LogP contribution in [0, 0.1) is 0 Å². The van der Waals surface area contributed by atoms with Crippen LogP contribution >= 0.6 is 0 Å². The number of carbonyl (C=O) groups excluding carboxylic acids is 3. The smallest absolute Gasteiger partial charge is 0.416 e. The SMILES string of the molecule is COC(=O)C(=O)c1cn2c3c(cc(C(F)(F)F)cc13)CN(C(=O)OC(C)(C)C)CC2. The standard InChI is InChI=1S/C20H21F3N2O5/c1-19(2,3)30-18(28)25-6-5-24-10-14(16(26)17(27)29-4)13-8-12(20(21,22)23)7-11(9-25)15(13)24/h7-8,10H,5-6,9H2,1-4H3. The maximum Gasteiger partial charge on any atom is 0.416 e. The lowest BCUT2D eigenvalue weighted by atomic mass is 10.0. The molecule has 0 radical (unpaired) electrons. The first-order valence-electron chi connectivity index (χ1n) is 9.15. The zero-order chi connectivity index (χ0) is 22.4. The molecule has 2 heterocycles. The lowest BCUT2D eigenvalue weighted by Crippen LogP contribution is -2.37. The summed E-state index contributed by atoms with van der Waals surface area (Å²) in [7, 11) is 1.02. The number of aromatic nitrogens is 1. The van der Waals surface area contributed by atoms with Gasteiger partial charge in [0, 0.05) is 24.7 Å². The van der Waals surface area contributed by atoms with Crippen LogP contribution in [0.2, 0.25) is 0 Å². The van der Waals surface area contributed by atoms with Gasteiger partial charge in [-0.15, -0.1) is 0 Å². The Hall–Kier alpha value is -3.04. The Morgan fingerprint density at radius 3 is 2.30 bits per heavy atom. The molecule has 3 rings (SSSR count). The van der Waals surface area contributed by atoms with Crippen molar-refractivity contribution in [1.29, 1.82) is 0 Å². The van der Waals surface area contributed by atoms with Crippen LogP contribution in [0.5, 0.6) is 0 Å². The molecule has 0 saturated carbocycles. The van der Waals surface area contributed by atoms with Gasteiger partial charge in [-0.05, 0) is 38.5 Å². The summed E-state index contributed by atoms with van der Waals surface area (Å²) >= 11 is 0. The average Bonchev–Trinajstić information content (AvgIpc) is 2.89. The fraction of sp³-hybridized carbons (Fsp3) is 0.450. The molecule has 10 heteroatoms. The van der Waals surface area contributed by atoms with E-state index in [1.54, 1.807) is 25.3 Å². The molecule has 0 aliphatic carbocycles. The number of halogens is 3. The predicted octanol–water partition coefficient (Wildman–Crippen LogP) is 3.77. The molecule has 30 heavy (non-hydrogen) atoms. The minimum atomic E-state index is -4.68. The topological polar surface area (TPSA) is 77.8 Å². The fourth-order valence-electron chi connectivity index (χ4n) is 3.37. The molecule has 0 atom stereocenters. The second kappa shape index (κ2) is 7.33. The van der Waals surface area contributed by atoms with E-state index >= 15 is 0 Å². The number of ketones is 1. The van der Waals surface area contributed by atoms with Crippen LogP contribution in [-0.2, 0) is 33.5 Å². The minimum Gasteiger partial charge on any atom is -0.463 e. The second-order valence-corrected chi connectivity index (χ2v) is 7.99. The Morgan fingerprint density at radius 2 is 1.73 bits per heavy atom.